The van der Waals surface area contributed by atoms with E-state index in [9.17, 15) is 4.79 Å². The van der Waals surface area contributed by atoms with E-state index in [0.717, 1.165) is 29.9 Å². The van der Waals surface area contributed by atoms with Gasteiger partial charge in [-0.3, -0.25) is 4.79 Å². The molecule has 0 saturated heterocycles. The van der Waals surface area contributed by atoms with Crippen molar-refractivity contribution in [3.8, 4) is 6.07 Å². The van der Waals surface area contributed by atoms with E-state index in [-0.39, 0.29) is 5.78 Å². The maximum Gasteiger partial charge on any atom is 0.166 e. The lowest BCUT2D eigenvalue weighted by Crippen LogP contribution is -2.31. The molecule has 2 aromatic carbocycles. The Labute approximate surface area is 124 Å². The van der Waals surface area contributed by atoms with Gasteiger partial charge in [0, 0.05) is 30.8 Å². The van der Waals surface area contributed by atoms with Crippen LogP contribution in [0.25, 0.3) is 0 Å². The smallest absolute Gasteiger partial charge is 0.166 e. The highest BCUT2D eigenvalue weighted by atomic mass is 16.1. The number of nitrogens with zero attached hydrogens (tertiary/aromatic N) is 2. The Balaban J connectivity index is 1.91. The maximum absolute atomic E-state index is 12.0. The summed E-state index contributed by atoms with van der Waals surface area (Å²) in [5, 5.41) is 8.94. The third-order valence-electron chi connectivity index (χ3n) is 3.99. The van der Waals surface area contributed by atoms with Gasteiger partial charge in [0.05, 0.1) is 11.6 Å². The topological polar surface area (TPSA) is 44.1 Å². The molecular formula is C18H16N2O. The largest absolute Gasteiger partial charge is 0.366 e. The van der Waals surface area contributed by atoms with Crippen molar-refractivity contribution in [2.24, 2.45) is 0 Å². The fourth-order valence-electron chi connectivity index (χ4n) is 2.79. The molecule has 0 aromatic heterocycles. The molecule has 1 aliphatic rings. The van der Waals surface area contributed by atoms with Crippen molar-refractivity contribution in [1.82, 2.24) is 0 Å². The average molecular weight is 276 g/mol. The minimum Gasteiger partial charge on any atom is -0.366 e. The number of benzene rings is 2. The number of ketones is 1. The van der Waals surface area contributed by atoms with Crippen LogP contribution in [0.1, 0.15) is 33.5 Å². The Morgan fingerprint density at radius 1 is 1.24 bits per heavy atom. The molecule has 0 radical (unpaired) electrons. The van der Waals surface area contributed by atoms with Crippen LogP contribution in [0.5, 0.6) is 0 Å². The van der Waals surface area contributed by atoms with Crippen LogP contribution in [0, 0.1) is 18.3 Å². The first-order valence-electron chi connectivity index (χ1n) is 7.06. The highest BCUT2D eigenvalue weighted by molar-refractivity contribution is 6.03. The van der Waals surface area contributed by atoms with Gasteiger partial charge in [0.2, 0.25) is 0 Å². The molecule has 3 heteroatoms. The van der Waals surface area contributed by atoms with Crippen molar-refractivity contribution < 1.29 is 4.79 Å². The minimum absolute atomic E-state index is 0.221. The minimum atomic E-state index is 0.221. The molecule has 1 aliphatic heterocycles. The van der Waals surface area contributed by atoms with Gasteiger partial charge in [0.25, 0.3) is 0 Å². The van der Waals surface area contributed by atoms with Gasteiger partial charge in [0.1, 0.15) is 0 Å². The van der Waals surface area contributed by atoms with Gasteiger partial charge in [-0.1, -0.05) is 18.2 Å². The van der Waals surface area contributed by atoms with Crippen molar-refractivity contribution >= 4 is 11.5 Å². The summed E-state index contributed by atoms with van der Waals surface area (Å²) in [6, 6.07) is 15.7. The second-order valence-corrected chi connectivity index (χ2v) is 5.36. The van der Waals surface area contributed by atoms with Crippen LogP contribution in [0.4, 0.5) is 5.69 Å². The van der Waals surface area contributed by atoms with E-state index in [1.807, 2.05) is 49.4 Å². The van der Waals surface area contributed by atoms with Gasteiger partial charge in [-0.25, -0.2) is 0 Å². The predicted molar refractivity (Wildman–Crippen MR) is 82.3 cm³/mol. The van der Waals surface area contributed by atoms with E-state index >= 15 is 0 Å². The molecule has 0 aliphatic carbocycles. The van der Waals surface area contributed by atoms with Crippen molar-refractivity contribution in [1.29, 1.82) is 5.26 Å². The number of carbonyl (C=O) groups is 1. The van der Waals surface area contributed by atoms with Crippen LogP contribution in [-0.4, -0.2) is 12.3 Å². The van der Waals surface area contributed by atoms with Gasteiger partial charge in [-0.2, -0.15) is 5.26 Å². The SMILES string of the molecule is Cc1cc(C#N)ccc1CN1CCC(=O)c2ccccc21. The zero-order valence-corrected chi connectivity index (χ0v) is 12.0. The summed E-state index contributed by atoms with van der Waals surface area (Å²) in [5.41, 5.74) is 4.82. The monoisotopic (exact) mass is 276 g/mol. The van der Waals surface area contributed by atoms with Crippen molar-refractivity contribution in [2.45, 2.75) is 19.9 Å². The van der Waals surface area contributed by atoms with Crippen LogP contribution < -0.4 is 4.90 Å². The number of hydrogen-bond donors (Lipinski definition) is 0. The summed E-state index contributed by atoms with van der Waals surface area (Å²) >= 11 is 0. The van der Waals surface area contributed by atoms with Crippen LogP contribution in [-0.2, 0) is 6.54 Å². The fraction of sp³-hybridized carbons (Fsp3) is 0.222. The summed E-state index contributed by atoms with van der Waals surface area (Å²) in [6.07, 6.45) is 0.562. The van der Waals surface area contributed by atoms with E-state index in [1.165, 1.54) is 5.56 Å². The van der Waals surface area contributed by atoms with E-state index in [1.54, 1.807) is 0 Å². The summed E-state index contributed by atoms with van der Waals surface area (Å²) < 4.78 is 0. The van der Waals surface area contributed by atoms with Crippen molar-refractivity contribution in [3.63, 3.8) is 0 Å². The number of anilines is 1. The van der Waals surface area contributed by atoms with E-state index in [2.05, 4.69) is 11.0 Å². The predicted octanol–water partition coefficient (Wildman–Crippen LogP) is 3.46. The van der Waals surface area contributed by atoms with Crippen molar-refractivity contribution in [3.05, 3.63) is 64.7 Å². The molecule has 0 amide bonds. The van der Waals surface area contributed by atoms with Gasteiger partial charge in [0.15, 0.2) is 5.78 Å². The fourth-order valence-corrected chi connectivity index (χ4v) is 2.79. The highest BCUT2D eigenvalue weighted by Gasteiger charge is 2.22. The zero-order chi connectivity index (χ0) is 14.8. The van der Waals surface area contributed by atoms with Crippen LogP contribution in [0.15, 0.2) is 42.5 Å². The second-order valence-electron chi connectivity index (χ2n) is 5.36. The Bertz CT molecular complexity index is 743. The van der Waals surface area contributed by atoms with E-state index in [4.69, 9.17) is 5.26 Å². The van der Waals surface area contributed by atoms with Crippen LogP contribution in [0.2, 0.25) is 0 Å². The lowest BCUT2D eigenvalue weighted by atomic mass is 9.98. The quantitative estimate of drug-likeness (QED) is 0.843. The molecule has 3 rings (SSSR count). The number of fused-ring (bicyclic) bond motifs is 1. The Kier molecular flexibility index (Phi) is 3.45. The normalized spacial score (nSPS) is 13.7. The first-order valence-corrected chi connectivity index (χ1v) is 7.06. The number of carbonyl (C=O) groups excluding carboxylic acids is 1. The molecule has 0 spiro atoms. The van der Waals surface area contributed by atoms with Gasteiger partial charge < -0.3 is 4.90 Å². The third-order valence-corrected chi connectivity index (χ3v) is 3.99. The Morgan fingerprint density at radius 2 is 2.05 bits per heavy atom. The molecule has 104 valence electrons. The number of para-hydroxylation sites is 1. The molecule has 0 fully saturated rings. The molecule has 2 aromatic rings. The summed E-state index contributed by atoms with van der Waals surface area (Å²) in [5.74, 6) is 0.221. The Morgan fingerprint density at radius 3 is 2.81 bits per heavy atom. The molecule has 0 unspecified atom stereocenters. The zero-order valence-electron chi connectivity index (χ0n) is 12.0. The molecule has 0 N–H and O–H groups in total. The highest BCUT2D eigenvalue weighted by Crippen LogP contribution is 2.28. The number of rotatable bonds is 2. The number of nitriles is 1. The van der Waals surface area contributed by atoms with Gasteiger partial charge in [-0.15, -0.1) is 0 Å². The van der Waals surface area contributed by atoms with Gasteiger partial charge >= 0.3 is 0 Å². The number of Topliss-reactive ketones (excluding diaryl/α,β-unsaturated/α-hetero) is 1. The molecule has 1 heterocycles. The molecule has 0 atom stereocenters. The first-order chi connectivity index (χ1) is 10.2. The van der Waals surface area contributed by atoms with Crippen LogP contribution >= 0.6 is 0 Å². The van der Waals surface area contributed by atoms with E-state index in [0.29, 0.717) is 12.0 Å². The molecule has 3 nitrogen and oxygen atoms in total. The summed E-state index contributed by atoms with van der Waals surface area (Å²) in [6.45, 7) is 3.54. The third kappa shape index (κ3) is 2.53. The molecule has 0 saturated carbocycles. The lowest BCUT2D eigenvalue weighted by Gasteiger charge is -2.31. The number of hydrogen-bond acceptors (Lipinski definition) is 3. The average Bonchev–Trinajstić information content (AvgIpc) is 2.52. The maximum atomic E-state index is 12.0. The second kappa shape index (κ2) is 5.41. The van der Waals surface area contributed by atoms with Gasteiger partial charge in [-0.05, 0) is 42.3 Å². The van der Waals surface area contributed by atoms with Crippen LogP contribution in [0.3, 0.4) is 0 Å². The Hall–Kier alpha value is -2.60. The van der Waals surface area contributed by atoms with E-state index < -0.39 is 0 Å². The standard InChI is InChI=1S/C18H16N2O/c1-13-10-14(11-19)6-7-15(13)12-20-9-8-18(21)16-4-2-3-5-17(16)20/h2-7,10H,8-9,12H2,1H3. The van der Waals surface area contributed by atoms with Crippen molar-refractivity contribution in [2.75, 3.05) is 11.4 Å². The molecule has 0 bridgehead atoms. The molecular weight excluding hydrogens is 260 g/mol. The summed E-state index contributed by atoms with van der Waals surface area (Å²) in [7, 11) is 0. The molecule has 21 heavy (non-hydrogen) atoms. The lowest BCUT2D eigenvalue weighted by molar-refractivity contribution is 0.0979. The summed E-state index contributed by atoms with van der Waals surface area (Å²) in [4.78, 5) is 14.2. The number of aryl methyl sites for hydroxylation is 1. The first kappa shape index (κ1) is 13.4.